The van der Waals surface area contributed by atoms with Gasteiger partial charge in [-0.3, -0.25) is 10.1 Å². The van der Waals surface area contributed by atoms with Gasteiger partial charge >= 0.3 is 6.03 Å². The summed E-state index contributed by atoms with van der Waals surface area (Å²) >= 11 is 1.32. The predicted octanol–water partition coefficient (Wildman–Crippen LogP) is 4.00. The van der Waals surface area contributed by atoms with E-state index in [-0.39, 0.29) is 11.9 Å². The minimum absolute atomic E-state index is 0.0604. The molecule has 0 atom stereocenters. The summed E-state index contributed by atoms with van der Waals surface area (Å²) in [4.78, 5) is 27.8. The Labute approximate surface area is 164 Å². The van der Waals surface area contributed by atoms with Gasteiger partial charge in [0.05, 0.1) is 9.88 Å². The van der Waals surface area contributed by atoms with Gasteiger partial charge in [0.1, 0.15) is 0 Å². The summed E-state index contributed by atoms with van der Waals surface area (Å²) < 4.78 is 0. The van der Waals surface area contributed by atoms with Gasteiger partial charge in [-0.1, -0.05) is 25.1 Å². The van der Waals surface area contributed by atoms with Crippen molar-refractivity contribution in [1.29, 1.82) is 0 Å². The van der Waals surface area contributed by atoms with Crippen LogP contribution in [0.3, 0.4) is 0 Å². The summed E-state index contributed by atoms with van der Waals surface area (Å²) in [7, 11) is 0. The molecule has 1 saturated heterocycles. The highest BCUT2D eigenvalue weighted by molar-refractivity contribution is 7.18. The van der Waals surface area contributed by atoms with Gasteiger partial charge in [0, 0.05) is 18.3 Å². The summed E-state index contributed by atoms with van der Waals surface area (Å²) in [5.41, 5.74) is 0.725. The summed E-state index contributed by atoms with van der Waals surface area (Å²) in [6.07, 6.45) is 2.91. The number of para-hydroxylation sites is 1. The van der Waals surface area contributed by atoms with E-state index in [0.717, 1.165) is 44.6 Å². The number of amides is 3. The molecule has 3 amide bonds. The highest BCUT2D eigenvalue weighted by atomic mass is 32.1. The van der Waals surface area contributed by atoms with Crippen LogP contribution in [0.2, 0.25) is 0 Å². The van der Waals surface area contributed by atoms with Crippen molar-refractivity contribution in [2.45, 2.75) is 32.2 Å². The molecule has 0 radical (unpaired) electrons. The molecular formula is C20H26N4O2S. The van der Waals surface area contributed by atoms with Crippen LogP contribution in [0.4, 0.5) is 15.5 Å². The molecule has 1 aliphatic rings. The molecule has 6 nitrogen and oxygen atoms in total. The summed E-state index contributed by atoms with van der Waals surface area (Å²) in [6, 6.07) is 12.8. The van der Waals surface area contributed by atoms with E-state index in [1.807, 2.05) is 35.2 Å². The molecule has 0 saturated carbocycles. The van der Waals surface area contributed by atoms with Gasteiger partial charge in [-0.15, -0.1) is 11.3 Å². The normalized spacial score (nSPS) is 14.6. The summed E-state index contributed by atoms with van der Waals surface area (Å²) in [6.45, 7) is 4.76. The first kappa shape index (κ1) is 19.4. The monoisotopic (exact) mass is 386 g/mol. The van der Waals surface area contributed by atoms with Crippen LogP contribution in [-0.4, -0.2) is 42.5 Å². The lowest BCUT2D eigenvalue weighted by Gasteiger charge is -2.34. The number of anilines is 2. The Morgan fingerprint density at radius 2 is 1.85 bits per heavy atom. The molecule has 0 spiro atoms. The van der Waals surface area contributed by atoms with Crippen LogP contribution in [-0.2, 0) is 0 Å². The molecule has 0 unspecified atom stereocenters. The lowest BCUT2D eigenvalue weighted by Crippen LogP contribution is -2.46. The third-order valence-electron chi connectivity index (χ3n) is 4.56. The van der Waals surface area contributed by atoms with E-state index in [4.69, 9.17) is 0 Å². The maximum Gasteiger partial charge on any atom is 0.324 e. The fourth-order valence-electron chi connectivity index (χ4n) is 3.27. The Morgan fingerprint density at radius 1 is 1.11 bits per heavy atom. The van der Waals surface area contributed by atoms with Crippen molar-refractivity contribution in [3.8, 4) is 0 Å². The van der Waals surface area contributed by atoms with E-state index >= 15 is 0 Å². The molecule has 2 aromatic rings. The number of piperidine rings is 1. The van der Waals surface area contributed by atoms with Gasteiger partial charge in [0.2, 0.25) is 0 Å². The number of thiophene rings is 1. The highest BCUT2D eigenvalue weighted by Crippen LogP contribution is 2.25. The van der Waals surface area contributed by atoms with Gasteiger partial charge in [-0.25, -0.2) is 4.79 Å². The maximum absolute atomic E-state index is 13.0. The Morgan fingerprint density at radius 3 is 2.56 bits per heavy atom. The Hall–Kier alpha value is -2.38. The lowest BCUT2D eigenvalue weighted by molar-refractivity contribution is 0.0647. The van der Waals surface area contributed by atoms with Gasteiger partial charge in [0.25, 0.3) is 5.91 Å². The van der Waals surface area contributed by atoms with Crippen LogP contribution in [0.25, 0.3) is 0 Å². The van der Waals surface area contributed by atoms with Crippen molar-refractivity contribution in [3.05, 3.63) is 47.3 Å². The van der Waals surface area contributed by atoms with Gasteiger partial charge in [-0.05, 0) is 56.6 Å². The molecule has 1 fully saturated rings. The lowest BCUT2D eigenvalue weighted by atomic mass is 10.0. The van der Waals surface area contributed by atoms with Gasteiger partial charge in [0.15, 0.2) is 0 Å². The molecule has 0 bridgehead atoms. The van der Waals surface area contributed by atoms with E-state index in [0.29, 0.717) is 15.9 Å². The number of benzene rings is 1. The van der Waals surface area contributed by atoms with E-state index in [2.05, 4.69) is 22.9 Å². The molecule has 2 heterocycles. The van der Waals surface area contributed by atoms with Gasteiger partial charge in [-0.2, -0.15) is 0 Å². The average Bonchev–Trinajstić information content (AvgIpc) is 3.15. The van der Waals surface area contributed by atoms with Crippen LogP contribution < -0.4 is 16.0 Å². The SMILES string of the molecule is CCCN(C(=O)c1ccc(NC(=O)Nc2ccccc2)s1)C1CCNCC1. The molecule has 7 heteroatoms. The molecule has 0 aliphatic carbocycles. The molecule has 1 aromatic heterocycles. The Kier molecular flexibility index (Phi) is 6.84. The van der Waals surface area contributed by atoms with Crippen molar-refractivity contribution in [2.24, 2.45) is 0 Å². The van der Waals surface area contributed by atoms with Crippen molar-refractivity contribution in [3.63, 3.8) is 0 Å². The van der Waals surface area contributed by atoms with Crippen LogP contribution in [0.1, 0.15) is 35.9 Å². The molecule has 1 aromatic carbocycles. The molecule has 144 valence electrons. The predicted molar refractivity (Wildman–Crippen MR) is 111 cm³/mol. The molecular weight excluding hydrogens is 360 g/mol. The Balaban J connectivity index is 1.62. The van der Waals surface area contributed by atoms with Crippen molar-refractivity contribution in [2.75, 3.05) is 30.3 Å². The molecule has 1 aliphatic heterocycles. The van der Waals surface area contributed by atoms with Crippen LogP contribution in [0.5, 0.6) is 0 Å². The van der Waals surface area contributed by atoms with E-state index in [1.165, 1.54) is 11.3 Å². The number of rotatable bonds is 6. The standard InChI is InChI=1S/C20H26N4O2S/c1-2-14-24(16-10-12-21-13-11-16)19(25)17-8-9-18(27-17)23-20(26)22-15-6-4-3-5-7-15/h3-9,16,21H,2,10-14H2,1H3,(H2,22,23,26). The average molecular weight is 387 g/mol. The first-order chi connectivity index (χ1) is 13.2. The molecule has 3 N–H and O–H groups in total. The number of carbonyl (C=O) groups is 2. The first-order valence-electron chi connectivity index (χ1n) is 9.42. The summed E-state index contributed by atoms with van der Waals surface area (Å²) in [5, 5.41) is 9.59. The van der Waals surface area contributed by atoms with Crippen LogP contribution in [0.15, 0.2) is 42.5 Å². The Bertz CT molecular complexity index is 756. The minimum Gasteiger partial charge on any atom is -0.335 e. The number of nitrogens with zero attached hydrogens (tertiary/aromatic N) is 1. The zero-order chi connectivity index (χ0) is 19.1. The number of hydrogen-bond donors (Lipinski definition) is 3. The van der Waals surface area contributed by atoms with Crippen molar-refractivity contribution < 1.29 is 9.59 Å². The number of nitrogens with one attached hydrogen (secondary N) is 3. The number of hydrogen-bond acceptors (Lipinski definition) is 4. The van der Waals surface area contributed by atoms with Crippen LogP contribution in [0, 0.1) is 0 Å². The third kappa shape index (κ3) is 5.30. The fourth-order valence-corrected chi connectivity index (χ4v) is 4.12. The topological polar surface area (TPSA) is 73.5 Å². The quantitative estimate of drug-likeness (QED) is 0.703. The largest absolute Gasteiger partial charge is 0.335 e. The van der Waals surface area contributed by atoms with Crippen molar-refractivity contribution in [1.82, 2.24) is 10.2 Å². The third-order valence-corrected chi connectivity index (χ3v) is 5.55. The van der Waals surface area contributed by atoms with Gasteiger partial charge < -0.3 is 15.5 Å². The second-order valence-electron chi connectivity index (χ2n) is 6.59. The van der Waals surface area contributed by atoms with E-state index in [1.54, 1.807) is 12.1 Å². The van der Waals surface area contributed by atoms with Crippen molar-refractivity contribution >= 4 is 34.0 Å². The maximum atomic E-state index is 13.0. The first-order valence-corrected chi connectivity index (χ1v) is 10.2. The van der Waals surface area contributed by atoms with E-state index in [9.17, 15) is 9.59 Å². The summed E-state index contributed by atoms with van der Waals surface area (Å²) in [5.74, 6) is 0.0604. The highest BCUT2D eigenvalue weighted by Gasteiger charge is 2.26. The zero-order valence-electron chi connectivity index (χ0n) is 15.5. The van der Waals surface area contributed by atoms with E-state index < -0.39 is 0 Å². The smallest absolute Gasteiger partial charge is 0.324 e. The molecule has 27 heavy (non-hydrogen) atoms. The minimum atomic E-state index is -0.314. The second-order valence-corrected chi connectivity index (χ2v) is 7.67. The van der Waals surface area contributed by atoms with Crippen LogP contribution >= 0.6 is 11.3 Å². The number of carbonyl (C=O) groups excluding carboxylic acids is 2. The number of urea groups is 1. The zero-order valence-corrected chi connectivity index (χ0v) is 16.3. The fraction of sp³-hybridized carbons (Fsp3) is 0.400. The molecule has 3 rings (SSSR count). The second kappa shape index (κ2) is 9.53.